The predicted octanol–water partition coefficient (Wildman–Crippen LogP) is 2.18. The highest BCUT2D eigenvalue weighted by Gasteiger charge is 2.09. The second-order valence-corrected chi connectivity index (χ2v) is 4.96. The summed E-state index contributed by atoms with van der Waals surface area (Å²) in [6, 6.07) is 13.6. The molecule has 2 rings (SSSR count). The maximum atomic E-state index is 12.0. The van der Waals surface area contributed by atoms with Gasteiger partial charge >= 0.3 is 5.97 Å². The standard InChI is InChI=1S/C16H18N2O3/c1-18(10-9-16(20)21)11-15(19)17-14-8-4-6-12-5-2-3-7-13(12)14/h2-8H,9-11H2,1H3,(H,17,19)(H,20,21). The molecule has 2 aromatic carbocycles. The van der Waals surface area contributed by atoms with Crippen molar-refractivity contribution in [2.75, 3.05) is 25.5 Å². The fourth-order valence-corrected chi connectivity index (χ4v) is 2.13. The van der Waals surface area contributed by atoms with Gasteiger partial charge in [0, 0.05) is 17.6 Å². The Morgan fingerprint density at radius 3 is 2.62 bits per heavy atom. The van der Waals surface area contributed by atoms with Crippen molar-refractivity contribution in [3.05, 3.63) is 42.5 Å². The highest BCUT2D eigenvalue weighted by Crippen LogP contribution is 2.22. The van der Waals surface area contributed by atoms with Gasteiger partial charge in [0.05, 0.1) is 13.0 Å². The number of hydrogen-bond acceptors (Lipinski definition) is 3. The number of anilines is 1. The Bertz CT molecular complexity index is 650. The Morgan fingerprint density at radius 2 is 1.86 bits per heavy atom. The van der Waals surface area contributed by atoms with E-state index < -0.39 is 5.97 Å². The molecule has 0 aromatic heterocycles. The molecule has 2 N–H and O–H groups in total. The summed E-state index contributed by atoms with van der Waals surface area (Å²) in [5.41, 5.74) is 0.768. The van der Waals surface area contributed by atoms with Crippen molar-refractivity contribution in [1.29, 1.82) is 0 Å². The van der Waals surface area contributed by atoms with Gasteiger partial charge in [-0.3, -0.25) is 14.5 Å². The molecule has 0 saturated heterocycles. The summed E-state index contributed by atoms with van der Waals surface area (Å²) in [6.07, 6.45) is 0.0258. The average molecular weight is 286 g/mol. The van der Waals surface area contributed by atoms with E-state index >= 15 is 0 Å². The van der Waals surface area contributed by atoms with Gasteiger partial charge in [-0.25, -0.2) is 0 Å². The Morgan fingerprint density at radius 1 is 1.14 bits per heavy atom. The van der Waals surface area contributed by atoms with Crippen molar-refractivity contribution in [2.45, 2.75) is 6.42 Å². The molecule has 0 bridgehead atoms. The number of nitrogens with one attached hydrogen (secondary N) is 1. The number of hydrogen-bond donors (Lipinski definition) is 2. The number of amides is 1. The number of carboxylic acid groups (broad SMARTS) is 1. The monoisotopic (exact) mass is 286 g/mol. The fourth-order valence-electron chi connectivity index (χ4n) is 2.13. The molecular weight excluding hydrogens is 268 g/mol. The SMILES string of the molecule is CN(CCC(=O)O)CC(=O)Nc1cccc2ccccc12. The van der Waals surface area contributed by atoms with E-state index in [1.165, 1.54) is 0 Å². The van der Waals surface area contributed by atoms with Crippen LogP contribution >= 0.6 is 0 Å². The summed E-state index contributed by atoms with van der Waals surface area (Å²) >= 11 is 0. The summed E-state index contributed by atoms with van der Waals surface area (Å²) in [7, 11) is 1.73. The zero-order valence-electron chi connectivity index (χ0n) is 11.9. The fraction of sp³-hybridized carbons (Fsp3) is 0.250. The molecule has 21 heavy (non-hydrogen) atoms. The van der Waals surface area contributed by atoms with Crippen molar-refractivity contribution in [1.82, 2.24) is 4.90 Å². The molecule has 0 fully saturated rings. The van der Waals surface area contributed by atoms with Crippen molar-refractivity contribution in [3.63, 3.8) is 0 Å². The Labute approximate surface area is 123 Å². The van der Waals surface area contributed by atoms with Crippen LogP contribution in [-0.2, 0) is 9.59 Å². The van der Waals surface area contributed by atoms with Crippen LogP contribution in [0.15, 0.2) is 42.5 Å². The second kappa shape index (κ2) is 6.85. The summed E-state index contributed by atoms with van der Waals surface area (Å²) in [4.78, 5) is 24.2. The molecule has 110 valence electrons. The van der Waals surface area contributed by atoms with Gasteiger partial charge < -0.3 is 10.4 Å². The van der Waals surface area contributed by atoms with Gasteiger partial charge in [-0.15, -0.1) is 0 Å². The van der Waals surface area contributed by atoms with Crippen molar-refractivity contribution >= 4 is 28.3 Å². The third kappa shape index (κ3) is 4.29. The molecular formula is C16H18N2O3. The van der Waals surface area contributed by atoms with Gasteiger partial charge in [0.2, 0.25) is 5.91 Å². The number of carboxylic acids is 1. The highest BCUT2D eigenvalue weighted by atomic mass is 16.4. The molecule has 0 aliphatic carbocycles. The molecule has 1 amide bonds. The van der Waals surface area contributed by atoms with Crippen LogP contribution in [0, 0.1) is 0 Å². The Hall–Kier alpha value is -2.40. The zero-order chi connectivity index (χ0) is 15.2. The number of carbonyl (C=O) groups is 2. The Balaban J connectivity index is 2.00. The van der Waals surface area contributed by atoms with Gasteiger partial charge in [-0.2, -0.15) is 0 Å². The number of likely N-dealkylation sites (N-methyl/N-ethyl adjacent to an activating group) is 1. The minimum atomic E-state index is -0.865. The first-order chi connectivity index (χ1) is 10.1. The summed E-state index contributed by atoms with van der Waals surface area (Å²) < 4.78 is 0. The lowest BCUT2D eigenvalue weighted by atomic mass is 10.1. The largest absolute Gasteiger partial charge is 0.481 e. The lowest BCUT2D eigenvalue weighted by Gasteiger charge is -2.15. The smallest absolute Gasteiger partial charge is 0.304 e. The molecule has 0 unspecified atom stereocenters. The predicted molar refractivity (Wildman–Crippen MR) is 82.3 cm³/mol. The van der Waals surface area contributed by atoms with Crippen LogP contribution in [0.4, 0.5) is 5.69 Å². The summed E-state index contributed by atoms with van der Waals surface area (Å²) in [5.74, 6) is -1.02. The van der Waals surface area contributed by atoms with E-state index in [9.17, 15) is 9.59 Å². The van der Waals surface area contributed by atoms with E-state index in [1.54, 1.807) is 11.9 Å². The van der Waals surface area contributed by atoms with Crippen molar-refractivity contribution in [2.24, 2.45) is 0 Å². The minimum Gasteiger partial charge on any atom is -0.481 e. The second-order valence-electron chi connectivity index (χ2n) is 4.96. The van der Waals surface area contributed by atoms with E-state index in [2.05, 4.69) is 5.32 Å². The lowest BCUT2D eigenvalue weighted by Crippen LogP contribution is -2.31. The quantitative estimate of drug-likeness (QED) is 0.854. The minimum absolute atomic E-state index is 0.0258. The third-order valence-corrected chi connectivity index (χ3v) is 3.18. The average Bonchev–Trinajstić information content (AvgIpc) is 2.45. The third-order valence-electron chi connectivity index (χ3n) is 3.18. The Kier molecular flexibility index (Phi) is 4.90. The molecule has 0 saturated carbocycles. The van der Waals surface area contributed by atoms with E-state index in [0.29, 0.717) is 6.54 Å². The van der Waals surface area contributed by atoms with Crippen molar-refractivity contribution < 1.29 is 14.7 Å². The normalized spacial score (nSPS) is 10.8. The molecule has 0 aliphatic heterocycles. The molecule has 5 nitrogen and oxygen atoms in total. The molecule has 0 heterocycles. The summed E-state index contributed by atoms with van der Waals surface area (Å²) in [5, 5.41) is 13.6. The molecule has 0 atom stereocenters. The zero-order valence-corrected chi connectivity index (χ0v) is 11.9. The molecule has 0 aliphatic rings. The van der Waals surface area contributed by atoms with Gasteiger partial charge in [0.1, 0.15) is 0 Å². The molecule has 5 heteroatoms. The van der Waals surface area contributed by atoms with Gasteiger partial charge in [0.15, 0.2) is 0 Å². The van der Waals surface area contributed by atoms with Crippen LogP contribution in [0.3, 0.4) is 0 Å². The maximum Gasteiger partial charge on any atom is 0.304 e. The van der Waals surface area contributed by atoms with E-state index in [1.807, 2.05) is 42.5 Å². The van der Waals surface area contributed by atoms with Gasteiger partial charge in [-0.1, -0.05) is 36.4 Å². The van der Waals surface area contributed by atoms with Crippen LogP contribution in [0.2, 0.25) is 0 Å². The number of carbonyl (C=O) groups excluding carboxylic acids is 1. The first kappa shape index (κ1) is 15.0. The van der Waals surface area contributed by atoms with E-state index in [4.69, 9.17) is 5.11 Å². The number of benzene rings is 2. The topological polar surface area (TPSA) is 69.6 Å². The summed E-state index contributed by atoms with van der Waals surface area (Å²) in [6.45, 7) is 0.509. The van der Waals surface area contributed by atoms with Crippen LogP contribution in [0.5, 0.6) is 0 Å². The first-order valence-electron chi connectivity index (χ1n) is 6.74. The van der Waals surface area contributed by atoms with E-state index in [0.717, 1.165) is 16.5 Å². The molecule has 0 spiro atoms. The van der Waals surface area contributed by atoms with Crippen LogP contribution in [-0.4, -0.2) is 42.0 Å². The van der Waals surface area contributed by atoms with Gasteiger partial charge in [-0.05, 0) is 18.5 Å². The van der Waals surface area contributed by atoms with Crippen LogP contribution in [0.25, 0.3) is 10.8 Å². The van der Waals surface area contributed by atoms with Crippen molar-refractivity contribution in [3.8, 4) is 0 Å². The van der Waals surface area contributed by atoms with Crippen LogP contribution in [0.1, 0.15) is 6.42 Å². The lowest BCUT2D eigenvalue weighted by molar-refractivity contribution is -0.137. The maximum absolute atomic E-state index is 12.0. The highest BCUT2D eigenvalue weighted by molar-refractivity contribution is 6.02. The number of nitrogens with zero attached hydrogens (tertiary/aromatic N) is 1. The number of aliphatic carboxylic acids is 1. The molecule has 0 radical (unpaired) electrons. The molecule has 2 aromatic rings. The number of rotatable bonds is 6. The van der Waals surface area contributed by atoms with E-state index in [-0.39, 0.29) is 18.9 Å². The first-order valence-corrected chi connectivity index (χ1v) is 6.74. The van der Waals surface area contributed by atoms with Gasteiger partial charge in [0.25, 0.3) is 0 Å². The van der Waals surface area contributed by atoms with Crippen LogP contribution < -0.4 is 5.32 Å². The number of fused-ring (bicyclic) bond motifs is 1.